The lowest BCUT2D eigenvalue weighted by molar-refractivity contribution is 0.259. The van der Waals surface area contributed by atoms with Crippen LogP contribution in [0.3, 0.4) is 0 Å². The van der Waals surface area contributed by atoms with E-state index in [0.29, 0.717) is 5.69 Å². The van der Waals surface area contributed by atoms with E-state index in [9.17, 15) is 4.79 Å². The minimum absolute atomic E-state index is 0.552. The van der Waals surface area contributed by atoms with Gasteiger partial charge in [0, 0.05) is 22.8 Å². The number of anilines is 2. The molecule has 0 saturated heterocycles. The summed E-state index contributed by atoms with van der Waals surface area (Å²) in [6.07, 6.45) is 0. The number of hydrogen-bond acceptors (Lipinski definition) is 3. The molecule has 0 aliphatic heterocycles. The van der Waals surface area contributed by atoms with E-state index in [-0.39, 0.29) is 0 Å². The molecule has 0 radical (unpaired) electrons. The first-order valence-electron chi connectivity index (χ1n) is 5.17. The number of nitrogens with two attached hydrogens (primary N) is 1. The Kier molecular flexibility index (Phi) is 3.62. The first-order valence-corrected chi connectivity index (χ1v) is 6.05. The summed E-state index contributed by atoms with van der Waals surface area (Å²) in [5.74, 6) is 0. The van der Waals surface area contributed by atoms with Crippen LogP contribution in [0.25, 0.3) is 0 Å². The zero-order chi connectivity index (χ0) is 12.1. The monoisotopic (exact) mass is 247 g/mol. The van der Waals surface area contributed by atoms with Gasteiger partial charge in [-0.25, -0.2) is 4.79 Å². The van der Waals surface area contributed by atoms with Crippen molar-refractivity contribution in [3.05, 3.63) is 46.7 Å². The summed E-state index contributed by atoms with van der Waals surface area (Å²) in [6, 6.07) is 11.0. The Balaban J connectivity index is 1.91. The third-order valence-electron chi connectivity index (χ3n) is 2.20. The fourth-order valence-corrected chi connectivity index (χ4v) is 2.06. The SMILES string of the molecule is NC(=O)Nc1ccc(NCc2cccs2)cc1. The molecule has 17 heavy (non-hydrogen) atoms. The number of urea groups is 1. The molecular formula is C12H13N3OS. The lowest BCUT2D eigenvalue weighted by atomic mass is 10.3. The number of carbonyl (C=O) groups is 1. The normalized spacial score (nSPS) is 9.88. The second kappa shape index (κ2) is 5.36. The van der Waals surface area contributed by atoms with Crippen molar-refractivity contribution in [3.63, 3.8) is 0 Å². The second-order valence-corrected chi connectivity index (χ2v) is 4.53. The van der Waals surface area contributed by atoms with Crippen LogP contribution in [-0.4, -0.2) is 6.03 Å². The van der Waals surface area contributed by atoms with E-state index >= 15 is 0 Å². The fourth-order valence-electron chi connectivity index (χ4n) is 1.42. The van der Waals surface area contributed by atoms with Gasteiger partial charge in [-0.15, -0.1) is 11.3 Å². The van der Waals surface area contributed by atoms with Crippen molar-refractivity contribution >= 4 is 28.7 Å². The fraction of sp³-hybridized carbons (Fsp3) is 0.0833. The molecule has 4 N–H and O–H groups in total. The number of hydrogen-bond donors (Lipinski definition) is 3. The van der Waals surface area contributed by atoms with E-state index in [1.165, 1.54) is 4.88 Å². The van der Waals surface area contributed by atoms with Crippen LogP contribution in [0.2, 0.25) is 0 Å². The van der Waals surface area contributed by atoms with E-state index in [0.717, 1.165) is 12.2 Å². The highest BCUT2D eigenvalue weighted by Crippen LogP contribution is 2.15. The molecule has 0 atom stereocenters. The number of thiophene rings is 1. The highest BCUT2D eigenvalue weighted by Gasteiger charge is 1.97. The zero-order valence-corrected chi connectivity index (χ0v) is 9.96. The molecule has 2 aromatic rings. The van der Waals surface area contributed by atoms with Gasteiger partial charge in [0.2, 0.25) is 0 Å². The molecule has 0 bridgehead atoms. The summed E-state index contributed by atoms with van der Waals surface area (Å²) in [4.78, 5) is 11.9. The maximum Gasteiger partial charge on any atom is 0.316 e. The Hall–Kier alpha value is -2.01. The van der Waals surface area contributed by atoms with Gasteiger partial charge in [0.1, 0.15) is 0 Å². The van der Waals surface area contributed by atoms with E-state index in [1.54, 1.807) is 11.3 Å². The Morgan fingerprint density at radius 3 is 2.47 bits per heavy atom. The minimum Gasteiger partial charge on any atom is -0.380 e. The third kappa shape index (κ3) is 3.49. The van der Waals surface area contributed by atoms with Gasteiger partial charge < -0.3 is 16.4 Å². The first-order chi connectivity index (χ1) is 8.24. The van der Waals surface area contributed by atoms with Gasteiger partial charge in [0.05, 0.1) is 0 Å². The van der Waals surface area contributed by atoms with Crippen LogP contribution in [0, 0.1) is 0 Å². The number of primary amides is 1. The summed E-state index contributed by atoms with van der Waals surface area (Å²) in [5, 5.41) is 7.86. The molecule has 0 aliphatic rings. The van der Waals surface area contributed by atoms with Crippen LogP contribution in [0.4, 0.5) is 16.2 Å². The molecule has 0 fully saturated rings. The lowest BCUT2D eigenvalue weighted by Crippen LogP contribution is -2.19. The standard InChI is InChI=1S/C12H13N3OS/c13-12(16)15-10-5-3-9(4-6-10)14-8-11-2-1-7-17-11/h1-7,14H,8H2,(H3,13,15,16). The lowest BCUT2D eigenvalue weighted by Gasteiger charge is -2.06. The van der Waals surface area contributed by atoms with Crippen molar-refractivity contribution in [1.29, 1.82) is 0 Å². The molecule has 0 aliphatic carbocycles. The number of amides is 2. The van der Waals surface area contributed by atoms with Crippen LogP contribution in [0.15, 0.2) is 41.8 Å². The summed E-state index contributed by atoms with van der Waals surface area (Å²) in [7, 11) is 0. The molecule has 1 heterocycles. The number of nitrogens with one attached hydrogen (secondary N) is 2. The van der Waals surface area contributed by atoms with Gasteiger partial charge in [-0.1, -0.05) is 6.07 Å². The molecule has 1 aromatic heterocycles. The van der Waals surface area contributed by atoms with Crippen LogP contribution in [0.5, 0.6) is 0 Å². The van der Waals surface area contributed by atoms with Crippen molar-refractivity contribution < 1.29 is 4.79 Å². The molecule has 4 nitrogen and oxygen atoms in total. The summed E-state index contributed by atoms with van der Waals surface area (Å²) < 4.78 is 0. The van der Waals surface area contributed by atoms with Gasteiger partial charge in [0.15, 0.2) is 0 Å². The Morgan fingerprint density at radius 2 is 1.88 bits per heavy atom. The van der Waals surface area contributed by atoms with Gasteiger partial charge in [-0.05, 0) is 35.7 Å². The van der Waals surface area contributed by atoms with Crippen molar-refractivity contribution in [2.24, 2.45) is 5.73 Å². The Labute approximate surface area is 103 Å². The topological polar surface area (TPSA) is 67.2 Å². The van der Waals surface area contributed by atoms with E-state index in [2.05, 4.69) is 22.1 Å². The highest BCUT2D eigenvalue weighted by molar-refractivity contribution is 7.09. The van der Waals surface area contributed by atoms with Gasteiger partial charge in [0.25, 0.3) is 0 Å². The Morgan fingerprint density at radius 1 is 1.18 bits per heavy atom. The molecule has 0 unspecified atom stereocenters. The average molecular weight is 247 g/mol. The molecule has 0 saturated carbocycles. The van der Waals surface area contributed by atoms with Crippen molar-refractivity contribution in [1.82, 2.24) is 0 Å². The molecule has 5 heteroatoms. The summed E-state index contributed by atoms with van der Waals surface area (Å²) in [5.41, 5.74) is 6.72. The van der Waals surface area contributed by atoms with Gasteiger partial charge in [-0.2, -0.15) is 0 Å². The second-order valence-electron chi connectivity index (χ2n) is 3.50. The smallest absolute Gasteiger partial charge is 0.316 e. The van der Waals surface area contributed by atoms with Crippen LogP contribution in [0.1, 0.15) is 4.88 Å². The summed E-state index contributed by atoms with van der Waals surface area (Å²) in [6.45, 7) is 0.806. The van der Waals surface area contributed by atoms with Crippen LogP contribution >= 0.6 is 11.3 Å². The molecule has 2 rings (SSSR count). The van der Waals surface area contributed by atoms with E-state index in [4.69, 9.17) is 5.73 Å². The molecule has 88 valence electrons. The maximum absolute atomic E-state index is 10.6. The number of benzene rings is 1. The molecular weight excluding hydrogens is 234 g/mol. The van der Waals surface area contributed by atoms with Crippen LogP contribution in [-0.2, 0) is 6.54 Å². The summed E-state index contributed by atoms with van der Waals surface area (Å²) >= 11 is 1.72. The van der Waals surface area contributed by atoms with Crippen molar-refractivity contribution in [2.75, 3.05) is 10.6 Å². The molecule has 1 aromatic carbocycles. The minimum atomic E-state index is -0.552. The van der Waals surface area contributed by atoms with Crippen LogP contribution < -0.4 is 16.4 Å². The molecule has 2 amide bonds. The maximum atomic E-state index is 10.6. The first kappa shape index (κ1) is 11.5. The number of rotatable bonds is 4. The predicted octanol–water partition coefficient (Wildman–Crippen LogP) is 2.85. The zero-order valence-electron chi connectivity index (χ0n) is 9.14. The largest absolute Gasteiger partial charge is 0.380 e. The Bertz CT molecular complexity index is 479. The average Bonchev–Trinajstić information content (AvgIpc) is 2.80. The predicted molar refractivity (Wildman–Crippen MR) is 71.3 cm³/mol. The van der Waals surface area contributed by atoms with Gasteiger partial charge >= 0.3 is 6.03 Å². The molecule has 0 spiro atoms. The quantitative estimate of drug-likeness (QED) is 0.777. The van der Waals surface area contributed by atoms with Crippen molar-refractivity contribution in [3.8, 4) is 0 Å². The van der Waals surface area contributed by atoms with E-state index in [1.807, 2.05) is 30.3 Å². The van der Waals surface area contributed by atoms with Gasteiger partial charge in [-0.3, -0.25) is 0 Å². The van der Waals surface area contributed by atoms with Crippen molar-refractivity contribution in [2.45, 2.75) is 6.54 Å². The highest BCUT2D eigenvalue weighted by atomic mass is 32.1. The third-order valence-corrected chi connectivity index (χ3v) is 3.08. The number of carbonyl (C=O) groups excluding carboxylic acids is 1. The van der Waals surface area contributed by atoms with E-state index < -0.39 is 6.03 Å².